The third-order valence-electron chi connectivity index (χ3n) is 3.85. The largest absolute Gasteiger partial charge is 0.373 e. The molecule has 0 unspecified atom stereocenters. The monoisotopic (exact) mass is 291 g/mol. The van der Waals surface area contributed by atoms with Gasteiger partial charge in [0.05, 0.1) is 6.54 Å². The number of amides is 1. The number of carbonyl (C=O) groups is 1. The molecule has 0 aliphatic carbocycles. The first-order chi connectivity index (χ1) is 10.1. The molecule has 1 amide bonds. The highest BCUT2D eigenvalue weighted by atomic mass is 16.2. The summed E-state index contributed by atoms with van der Waals surface area (Å²) in [7, 11) is 3.73. The zero-order valence-electron chi connectivity index (χ0n) is 13.4. The van der Waals surface area contributed by atoms with Crippen LogP contribution in [-0.2, 0) is 11.2 Å². The average Bonchev–Trinajstić information content (AvgIpc) is 2.63. The Hall–Kier alpha value is -1.85. The molecule has 0 saturated carbocycles. The lowest BCUT2D eigenvalue weighted by atomic mass is 10.2. The zero-order valence-corrected chi connectivity index (χ0v) is 13.4. The minimum Gasteiger partial charge on any atom is -0.373 e. The Morgan fingerprint density at radius 3 is 2.71 bits per heavy atom. The van der Waals surface area contributed by atoms with Crippen LogP contribution < -0.4 is 10.2 Å². The lowest BCUT2D eigenvalue weighted by Crippen LogP contribution is -2.35. The molecule has 1 N–H and O–H groups in total. The van der Waals surface area contributed by atoms with Gasteiger partial charge in [-0.15, -0.1) is 0 Å². The summed E-state index contributed by atoms with van der Waals surface area (Å²) >= 11 is 0. The smallest absolute Gasteiger partial charge is 0.241 e. The molecule has 1 saturated heterocycles. The van der Waals surface area contributed by atoms with Crippen molar-refractivity contribution in [2.75, 3.05) is 43.9 Å². The van der Waals surface area contributed by atoms with Crippen LogP contribution in [0.5, 0.6) is 0 Å². The van der Waals surface area contributed by atoms with E-state index in [1.165, 1.54) is 0 Å². The van der Waals surface area contributed by atoms with Crippen molar-refractivity contribution in [2.24, 2.45) is 0 Å². The van der Waals surface area contributed by atoms with Crippen LogP contribution in [0.2, 0.25) is 0 Å². The highest BCUT2D eigenvalue weighted by Gasteiger charge is 2.23. The quantitative estimate of drug-likeness (QED) is 0.910. The van der Waals surface area contributed by atoms with Gasteiger partial charge in [0.1, 0.15) is 17.5 Å². The number of nitrogens with zero attached hydrogens (tertiary/aromatic N) is 4. The summed E-state index contributed by atoms with van der Waals surface area (Å²) in [5.74, 6) is 2.73. The van der Waals surface area contributed by atoms with Crippen molar-refractivity contribution in [3.8, 4) is 0 Å². The van der Waals surface area contributed by atoms with E-state index >= 15 is 0 Å². The molecule has 1 aromatic rings. The standard InChI is InChI=1S/C15H25N5O/c1-5-7-12-17-14(16-3)11(2)15(18-12)20-9-6-8-19(4)13(21)10-20/h5-10H2,1-4H3,(H,16,17,18). The van der Waals surface area contributed by atoms with E-state index in [0.717, 1.165) is 55.4 Å². The summed E-state index contributed by atoms with van der Waals surface area (Å²) in [5.41, 5.74) is 1.01. The molecule has 0 aromatic carbocycles. The third kappa shape index (κ3) is 3.43. The minimum absolute atomic E-state index is 0.147. The first-order valence-corrected chi connectivity index (χ1v) is 7.61. The molecular formula is C15H25N5O. The first-order valence-electron chi connectivity index (χ1n) is 7.61. The predicted octanol–water partition coefficient (Wildman–Crippen LogP) is 1.45. The summed E-state index contributed by atoms with van der Waals surface area (Å²) in [6.07, 6.45) is 2.82. The molecule has 0 spiro atoms. The summed E-state index contributed by atoms with van der Waals surface area (Å²) in [5, 5.41) is 3.14. The van der Waals surface area contributed by atoms with E-state index in [9.17, 15) is 4.79 Å². The predicted molar refractivity (Wildman–Crippen MR) is 84.8 cm³/mol. The van der Waals surface area contributed by atoms with E-state index in [2.05, 4.69) is 22.1 Å². The number of aromatic nitrogens is 2. The van der Waals surface area contributed by atoms with Crippen molar-refractivity contribution in [1.29, 1.82) is 0 Å². The van der Waals surface area contributed by atoms with Crippen molar-refractivity contribution < 1.29 is 4.79 Å². The number of rotatable bonds is 4. The van der Waals surface area contributed by atoms with E-state index in [1.807, 2.05) is 21.0 Å². The second-order valence-electron chi connectivity index (χ2n) is 5.53. The van der Waals surface area contributed by atoms with Crippen molar-refractivity contribution in [3.63, 3.8) is 0 Å². The Morgan fingerprint density at radius 2 is 2.05 bits per heavy atom. The van der Waals surface area contributed by atoms with Gasteiger partial charge in [-0.3, -0.25) is 4.79 Å². The second-order valence-corrected chi connectivity index (χ2v) is 5.53. The third-order valence-corrected chi connectivity index (χ3v) is 3.85. The fraction of sp³-hybridized carbons (Fsp3) is 0.667. The van der Waals surface area contributed by atoms with E-state index in [0.29, 0.717) is 6.54 Å². The summed E-state index contributed by atoms with van der Waals surface area (Å²) in [6, 6.07) is 0. The number of hydrogen-bond donors (Lipinski definition) is 1. The van der Waals surface area contributed by atoms with Gasteiger partial charge in [-0.05, 0) is 19.8 Å². The van der Waals surface area contributed by atoms with Gasteiger partial charge in [-0.2, -0.15) is 0 Å². The fourth-order valence-electron chi connectivity index (χ4n) is 2.60. The molecule has 1 aliphatic heterocycles. The van der Waals surface area contributed by atoms with Crippen LogP contribution in [0.25, 0.3) is 0 Å². The van der Waals surface area contributed by atoms with Gasteiger partial charge in [0.2, 0.25) is 5.91 Å². The maximum absolute atomic E-state index is 12.1. The Kier molecular flexibility index (Phi) is 4.98. The van der Waals surface area contributed by atoms with Gasteiger partial charge in [0.25, 0.3) is 0 Å². The van der Waals surface area contributed by atoms with E-state index in [1.54, 1.807) is 4.90 Å². The van der Waals surface area contributed by atoms with Crippen molar-refractivity contribution in [3.05, 3.63) is 11.4 Å². The molecule has 6 nitrogen and oxygen atoms in total. The van der Waals surface area contributed by atoms with Gasteiger partial charge in [0, 0.05) is 39.2 Å². The lowest BCUT2D eigenvalue weighted by molar-refractivity contribution is -0.127. The average molecular weight is 291 g/mol. The van der Waals surface area contributed by atoms with Gasteiger partial charge < -0.3 is 15.1 Å². The first kappa shape index (κ1) is 15.5. The molecule has 1 fully saturated rings. The Labute approximate surface area is 126 Å². The number of hydrogen-bond acceptors (Lipinski definition) is 5. The molecule has 116 valence electrons. The molecule has 21 heavy (non-hydrogen) atoms. The molecule has 0 atom stereocenters. The van der Waals surface area contributed by atoms with Crippen LogP contribution in [0, 0.1) is 6.92 Å². The van der Waals surface area contributed by atoms with Crippen LogP contribution in [-0.4, -0.2) is 54.5 Å². The Morgan fingerprint density at radius 1 is 1.29 bits per heavy atom. The summed E-state index contributed by atoms with van der Waals surface area (Å²) in [6.45, 7) is 6.17. The molecule has 1 aromatic heterocycles. The lowest BCUT2D eigenvalue weighted by Gasteiger charge is -2.24. The molecule has 0 bridgehead atoms. The Bertz CT molecular complexity index is 517. The minimum atomic E-state index is 0.147. The highest BCUT2D eigenvalue weighted by Crippen LogP contribution is 2.25. The van der Waals surface area contributed by atoms with E-state index in [-0.39, 0.29) is 5.91 Å². The number of carbonyl (C=O) groups excluding carboxylic acids is 1. The van der Waals surface area contributed by atoms with Crippen LogP contribution >= 0.6 is 0 Å². The maximum atomic E-state index is 12.1. The number of aryl methyl sites for hydroxylation is 1. The van der Waals surface area contributed by atoms with Gasteiger partial charge in [-0.25, -0.2) is 9.97 Å². The zero-order chi connectivity index (χ0) is 15.4. The molecule has 2 rings (SSSR count). The van der Waals surface area contributed by atoms with Crippen LogP contribution in [0.15, 0.2) is 0 Å². The molecular weight excluding hydrogens is 266 g/mol. The van der Waals surface area contributed by atoms with Crippen molar-refractivity contribution in [1.82, 2.24) is 14.9 Å². The number of nitrogens with one attached hydrogen (secondary N) is 1. The van der Waals surface area contributed by atoms with E-state index < -0.39 is 0 Å². The number of anilines is 2. The van der Waals surface area contributed by atoms with Crippen LogP contribution in [0.1, 0.15) is 31.2 Å². The fourth-order valence-corrected chi connectivity index (χ4v) is 2.60. The van der Waals surface area contributed by atoms with Crippen LogP contribution in [0.4, 0.5) is 11.6 Å². The summed E-state index contributed by atoms with van der Waals surface area (Å²) in [4.78, 5) is 25.2. The molecule has 2 heterocycles. The highest BCUT2D eigenvalue weighted by molar-refractivity contribution is 5.82. The molecule has 6 heteroatoms. The maximum Gasteiger partial charge on any atom is 0.241 e. The SMILES string of the molecule is CCCc1nc(NC)c(C)c(N2CCCN(C)C(=O)C2)n1. The second kappa shape index (κ2) is 6.74. The van der Waals surface area contributed by atoms with E-state index in [4.69, 9.17) is 4.98 Å². The molecule has 1 aliphatic rings. The van der Waals surface area contributed by atoms with Gasteiger partial charge in [0.15, 0.2) is 0 Å². The van der Waals surface area contributed by atoms with Crippen LogP contribution in [0.3, 0.4) is 0 Å². The summed E-state index contributed by atoms with van der Waals surface area (Å²) < 4.78 is 0. The molecule has 0 radical (unpaired) electrons. The topological polar surface area (TPSA) is 61.4 Å². The Balaban J connectivity index is 2.36. The van der Waals surface area contributed by atoms with Crippen molar-refractivity contribution >= 4 is 17.5 Å². The van der Waals surface area contributed by atoms with Crippen molar-refractivity contribution in [2.45, 2.75) is 33.1 Å². The normalized spacial score (nSPS) is 16.1. The van der Waals surface area contributed by atoms with Gasteiger partial charge in [-0.1, -0.05) is 6.92 Å². The number of likely N-dealkylation sites (N-methyl/N-ethyl adjacent to an activating group) is 1. The van der Waals surface area contributed by atoms with Gasteiger partial charge >= 0.3 is 0 Å².